The van der Waals surface area contributed by atoms with Crippen molar-refractivity contribution in [2.24, 2.45) is 0 Å². The number of rotatable bonds is 14. The molecule has 11 heteroatoms. The highest BCUT2D eigenvalue weighted by Gasteiger charge is 2.15. The molecular formula is C33H29ClN2O7S. The summed E-state index contributed by atoms with van der Waals surface area (Å²) in [6.07, 6.45) is 0.309. The van der Waals surface area contributed by atoms with Crippen molar-refractivity contribution in [3.05, 3.63) is 125 Å². The highest BCUT2D eigenvalue weighted by molar-refractivity contribution is 7.89. The molecule has 0 unspecified atom stereocenters. The highest BCUT2D eigenvalue weighted by atomic mass is 35.5. The van der Waals surface area contributed by atoms with Gasteiger partial charge in [-0.1, -0.05) is 54.1 Å². The second-order valence-corrected chi connectivity index (χ2v) is 12.0. The molecule has 0 bridgehead atoms. The molecule has 44 heavy (non-hydrogen) atoms. The Morgan fingerprint density at radius 2 is 1.61 bits per heavy atom. The van der Waals surface area contributed by atoms with E-state index in [4.69, 9.17) is 30.9 Å². The van der Waals surface area contributed by atoms with Crippen molar-refractivity contribution in [2.75, 3.05) is 13.2 Å². The third-order valence-corrected chi connectivity index (χ3v) is 8.28. The predicted molar refractivity (Wildman–Crippen MR) is 167 cm³/mol. The van der Waals surface area contributed by atoms with Gasteiger partial charge in [0.05, 0.1) is 16.1 Å². The summed E-state index contributed by atoms with van der Waals surface area (Å²) in [7, 11) is -3.74. The molecule has 0 radical (unpaired) electrons. The highest BCUT2D eigenvalue weighted by Crippen LogP contribution is 2.27. The van der Waals surface area contributed by atoms with Crippen LogP contribution in [0.3, 0.4) is 0 Å². The molecule has 1 heterocycles. The molecule has 0 atom stereocenters. The van der Waals surface area contributed by atoms with E-state index in [2.05, 4.69) is 9.71 Å². The van der Waals surface area contributed by atoms with Gasteiger partial charge in [0, 0.05) is 23.0 Å². The van der Waals surface area contributed by atoms with Crippen LogP contribution in [0.25, 0.3) is 10.9 Å². The van der Waals surface area contributed by atoms with Crippen molar-refractivity contribution in [1.29, 1.82) is 0 Å². The number of benzene rings is 4. The normalized spacial score (nSPS) is 11.3. The Morgan fingerprint density at radius 1 is 0.818 bits per heavy atom. The summed E-state index contributed by atoms with van der Waals surface area (Å²) >= 11 is 5.88. The number of ether oxygens (including phenoxy) is 3. The van der Waals surface area contributed by atoms with Gasteiger partial charge in [0.2, 0.25) is 10.0 Å². The smallest absolute Gasteiger partial charge is 0.341 e. The fourth-order valence-corrected chi connectivity index (χ4v) is 5.52. The number of aromatic nitrogens is 1. The minimum Gasteiger partial charge on any atom is -0.488 e. The van der Waals surface area contributed by atoms with Gasteiger partial charge in [-0.25, -0.2) is 22.9 Å². The fraction of sp³-hybridized carbons (Fsp3) is 0.152. The number of carboxylic acids is 1. The molecule has 1 aromatic heterocycles. The SMILES string of the molecule is O=C(O)COc1ccc(CCNS(=O)(=O)c2ccc(Cl)cc2)c(OCc2cccc(OCc3ccc4ccccc4n3)c2)c1. The van der Waals surface area contributed by atoms with Crippen LogP contribution in [0.4, 0.5) is 0 Å². The third-order valence-electron chi connectivity index (χ3n) is 6.55. The zero-order chi connectivity index (χ0) is 30.9. The first-order valence-corrected chi connectivity index (χ1v) is 15.5. The summed E-state index contributed by atoms with van der Waals surface area (Å²) < 4.78 is 45.4. The summed E-state index contributed by atoms with van der Waals surface area (Å²) in [6.45, 7) is 0.0689. The van der Waals surface area contributed by atoms with Crippen molar-refractivity contribution >= 4 is 38.5 Å². The zero-order valence-electron chi connectivity index (χ0n) is 23.5. The monoisotopic (exact) mass is 632 g/mol. The second-order valence-electron chi connectivity index (χ2n) is 9.77. The molecular weight excluding hydrogens is 604 g/mol. The molecule has 0 aliphatic carbocycles. The Morgan fingerprint density at radius 3 is 2.43 bits per heavy atom. The van der Waals surface area contributed by atoms with Gasteiger partial charge in [-0.15, -0.1) is 0 Å². The van der Waals surface area contributed by atoms with E-state index in [0.29, 0.717) is 40.9 Å². The van der Waals surface area contributed by atoms with Gasteiger partial charge < -0.3 is 19.3 Å². The number of halogens is 1. The Hall–Kier alpha value is -4.64. The van der Waals surface area contributed by atoms with E-state index in [1.165, 1.54) is 24.3 Å². The fourth-order valence-electron chi connectivity index (χ4n) is 4.36. The number of pyridine rings is 1. The Bertz CT molecular complexity index is 1860. The molecule has 0 saturated heterocycles. The quantitative estimate of drug-likeness (QED) is 0.152. The minimum atomic E-state index is -3.74. The van der Waals surface area contributed by atoms with Crippen molar-refractivity contribution in [1.82, 2.24) is 9.71 Å². The zero-order valence-corrected chi connectivity index (χ0v) is 25.1. The average Bonchev–Trinajstić information content (AvgIpc) is 3.02. The van der Waals surface area contributed by atoms with Crippen LogP contribution in [0.1, 0.15) is 16.8 Å². The van der Waals surface area contributed by atoms with Gasteiger partial charge in [-0.2, -0.15) is 0 Å². The second kappa shape index (κ2) is 14.2. The van der Waals surface area contributed by atoms with Crippen LogP contribution in [0.5, 0.6) is 17.2 Å². The molecule has 5 aromatic rings. The molecule has 0 aliphatic rings. The molecule has 5 rings (SSSR count). The number of carbonyl (C=O) groups is 1. The maximum absolute atomic E-state index is 12.7. The van der Waals surface area contributed by atoms with E-state index in [9.17, 15) is 13.2 Å². The largest absolute Gasteiger partial charge is 0.488 e. The van der Waals surface area contributed by atoms with Gasteiger partial charge in [0.25, 0.3) is 0 Å². The van der Waals surface area contributed by atoms with E-state index in [-0.39, 0.29) is 18.0 Å². The van der Waals surface area contributed by atoms with E-state index >= 15 is 0 Å². The van der Waals surface area contributed by atoms with Crippen LogP contribution in [-0.4, -0.2) is 37.6 Å². The van der Waals surface area contributed by atoms with Gasteiger partial charge in [0.1, 0.15) is 30.5 Å². The first kappa shape index (κ1) is 30.8. The first-order valence-electron chi connectivity index (χ1n) is 13.7. The Labute approximate surface area is 260 Å². The summed E-state index contributed by atoms with van der Waals surface area (Å²) in [6, 6.07) is 30.1. The molecule has 0 fully saturated rings. The number of hydrogen-bond donors (Lipinski definition) is 2. The van der Waals surface area contributed by atoms with Crippen LogP contribution in [0, 0.1) is 0 Å². The molecule has 9 nitrogen and oxygen atoms in total. The Balaban J connectivity index is 1.24. The molecule has 0 aliphatic heterocycles. The number of sulfonamides is 1. The number of para-hydroxylation sites is 1. The number of nitrogens with zero attached hydrogens (tertiary/aromatic N) is 1. The number of nitrogens with one attached hydrogen (secondary N) is 1. The maximum atomic E-state index is 12.7. The molecule has 226 valence electrons. The first-order chi connectivity index (χ1) is 21.2. The molecule has 2 N–H and O–H groups in total. The lowest BCUT2D eigenvalue weighted by atomic mass is 10.1. The standard InChI is InChI=1S/C33H29ClN2O7S/c34-26-10-14-30(15-11-26)44(39,40)35-17-16-25-9-13-29(42-22-33(37)38)19-32(25)43-20-23-4-3-6-28(18-23)41-21-27-12-8-24-5-1-2-7-31(24)36-27/h1-15,18-19,35H,16-17,20-22H2,(H,37,38). The summed E-state index contributed by atoms with van der Waals surface area (Å²) in [5.41, 5.74) is 3.25. The lowest BCUT2D eigenvalue weighted by Crippen LogP contribution is -2.26. The summed E-state index contributed by atoms with van der Waals surface area (Å²) in [5, 5.41) is 10.5. The lowest BCUT2D eigenvalue weighted by molar-refractivity contribution is -0.139. The van der Waals surface area contributed by atoms with Crippen molar-refractivity contribution in [3.63, 3.8) is 0 Å². The third kappa shape index (κ3) is 8.47. The van der Waals surface area contributed by atoms with E-state index in [0.717, 1.165) is 22.2 Å². The number of fused-ring (bicyclic) bond motifs is 1. The van der Waals surface area contributed by atoms with Crippen LogP contribution < -0.4 is 18.9 Å². The van der Waals surface area contributed by atoms with E-state index < -0.39 is 22.6 Å². The van der Waals surface area contributed by atoms with Gasteiger partial charge >= 0.3 is 5.97 Å². The lowest BCUT2D eigenvalue weighted by Gasteiger charge is -2.15. The van der Waals surface area contributed by atoms with Crippen molar-refractivity contribution in [3.8, 4) is 17.2 Å². The van der Waals surface area contributed by atoms with Crippen LogP contribution in [-0.2, 0) is 34.5 Å². The molecule has 4 aromatic carbocycles. The van der Waals surface area contributed by atoms with Gasteiger partial charge in [-0.3, -0.25) is 0 Å². The topological polar surface area (TPSA) is 124 Å². The van der Waals surface area contributed by atoms with Crippen molar-refractivity contribution in [2.45, 2.75) is 24.5 Å². The number of hydrogen-bond acceptors (Lipinski definition) is 7. The number of carboxylic acid groups (broad SMARTS) is 1. The predicted octanol–water partition coefficient (Wildman–Crippen LogP) is 6.03. The van der Waals surface area contributed by atoms with Crippen LogP contribution in [0.2, 0.25) is 5.02 Å². The molecule has 0 spiro atoms. The van der Waals surface area contributed by atoms with Gasteiger partial charge in [-0.05, 0) is 72.1 Å². The van der Waals surface area contributed by atoms with Crippen LogP contribution >= 0.6 is 11.6 Å². The number of aliphatic carboxylic acids is 1. The maximum Gasteiger partial charge on any atom is 0.341 e. The Kier molecular flexibility index (Phi) is 9.96. The van der Waals surface area contributed by atoms with Gasteiger partial charge in [0.15, 0.2) is 6.61 Å². The van der Waals surface area contributed by atoms with Crippen molar-refractivity contribution < 1.29 is 32.5 Å². The van der Waals surface area contributed by atoms with E-state index in [1.54, 1.807) is 18.2 Å². The minimum absolute atomic E-state index is 0.1000. The summed E-state index contributed by atoms with van der Waals surface area (Å²) in [4.78, 5) is 15.7. The summed E-state index contributed by atoms with van der Waals surface area (Å²) in [5.74, 6) is 0.290. The van der Waals surface area contributed by atoms with E-state index in [1.807, 2.05) is 60.7 Å². The average molecular weight is 633 g/mol. The molecule has 0 saturated carbocycles. The van der Waals surface area contributed by atoms with Crippen LogP contribution in [0.15, 0.2) is 108 Å². The molecule has 0 amide bonds.